The third-order valence-electron chi connectivity index (χ3n) is 7.87. The normalized spacial score (nSPS) is 13.8. The average Bonchev–Trinajstić information content (AvgIpc) is 3.68. The summed E-state index contributed by atoms with van der Waals surface area (Å²) in [6, 6.07) is 26.1. The summed E-state index contributed by atoms with van der Waals surface area (Å²) in [6.45, 7) is 0.250. The molecule has 4 aromatic carbocycles. The second-order valence-corrected chi connectivity index (χ2v) is 10.7. The zero-order valence-corrected chi connectivity index (χ0v) is 22.7. The van der Waals surface area contributed by atoms with Gasteiger partial charge in [0.15, 0.2) is 0 Å². The molecule has 1 heterocycles. The number of aromatic carboxylic acids is 1. The SMILES string of the molecule is N#Cc1ccc(-c2cc(C(=O)NC3(c4ccc(C(=O)O)cc4)CC3)c3c(ccn3Cc3ccc(C(F)(F)F)cc3)c2)cc1. The highest BCUT2D eigenvalue weighted by Crippen LogP contribution is 2.46. The second kappa shape index (κ2) is 10.5. The lowest BCUT2D eigenvalue weighted by Crippen LogP contribution is -2.35. The molecule has 43 heavy (non-hydrogen) atoms. The van der Waals surface area contributed by atoms with Crippen LogP contribution in [-0.4, -0.2) is 21.6 Å². The molecular weight excluding hydrogens is 555 g/mol. The third kappa shape index (κ3) is 5.47. The van der Waals surface area contributed by atoms with E-state index in [0.717, 1.165) is 34.2 Å². The summed E-state index contributed by atoms with van der Waals surface area (Å²) in [7, 11) is 0. The Morgan fingerprint density at radius 2 is 1.58 bits per heavy atom. The van der Waals surface area contributed by atoms with Gasteiger partial charge in [0.05, 0.1) is 39.4 Å². The molecule has 0 radical (unpaired) electrons. The molecule has 1 fully saturated rings. The molecular formula is C34H24F3N3O3. The number of nitrogens with zero attached hydrogens (tertiary/aromatic N) is 2. The van der Waals surface area contributed by atoms with Crippen LogP contribution in [-0.2, 0) is 18.3 Å². The summed E-state index contributed by atoms with van der Waals surface area (Å²) >= 11 is 0. The van der Waals surface area contributed by atoms with E-state index in [1.165, 1.54) is 24.3 Å². The van der Waals surface area contributed by atoms with E-state index in [-0.39, 0.29) is 18.0 Å². The van der Waals surface area contributed by atoms with Crippen LogP contribution in [0.15, 0.2) is 97.2 Å². The van der Waals surface area contributed by atoms with Crippen molar-refractivity contribution in [3.05, 3.63) is 131 Å². The van der Waals surface area contributed by atoms with Crippen molar-refractivity contribution in [2.45, 2.75) is 31.1 Å². The largest absolute Gasteiger partial charge is 0.478 e. The quantitative estimate of drug-likeness (QED) is 0.211. The molecule has 0 atom stereocenters. The van der Waals surface area contributed by atoms with Crippen molar-refractivity contribution in [2.24, 2.45) is 0 Å². The molecule has 9 heteroatoms. The molecule has 0 saturated heterocycles. The maximum Gasteiger partial charge on any atom is 0.416 e. The molecule has 5 aromatic rings. The van der Waals surface area contributed by atoms with Crippen molar-refractivity contribution < 1.29 is 27.9 Å². The Morgan fingerprint density at radius 3 is 2.16 bits per heavy atom. The van der Waals surface area contributed by atoms with Gasteiger partial charge in [0, 0.05) is 18.1 Å². The molecule has 1 aromatic heterocycles. The number of rotatable bonds is 7. The fraction of sp³-hybridized carbons (Fsp3) is 0.147. The first kappa shape index (κ1) is 27.8. The van der Waals surface area contributed by atoms with Gasteiger partial charge in [-0.3, -0.25) is 4.79 Å². The Hall–Kier alpha value is -5.36. The number of alkyl halides is 3. The van der Waals surface area contributed by atoms with Gasteiger partial charge in [-0.15, -0.1) is 0 Å². The molecule has 0 bridgehead atoms. The van der Waals surface area contributed by atoms with Gasteiger partial charge in [-0.05, 0) is 89.7 Å². The number of nitriles is 1. The summed E-state index contributed by atoms with van der Waals surface area (Å²) in [5.74, 6) is -1.36. The lowest BCUT2D eigenvalue weighted by Gasteiger charge is -2.20. The van der Waals surface area contributed by atoms with E-state index in [1.54, 1.807) is 36.5 Å². The minimum Gasteiger partial charge on any atom is -0.478 e. The van der Waals surface area contributed by atoms with Crippen LogP contribution in [0.3, 0.4) is 0 Å². The molecule has 214 valence electrons. The Bertz CT molecular complexity index is 1900. The first-order chi connectivity index (χ1) is 20.6. The van der Waals surface area contributed by atoms with E-state index in [4.69, 9.17) is 0 Å². The standard InChI is InChI=1S/C34H24F3N3O3/c35-34(36,37)28-9-3-22(4-10-28)20-40-16-13-25-17-26(23-5-1-21(19-38)2-6-23)18-29(30(25)40)31(41)39-33(14-15-33)27-11-7-24(8-12-27)32(42)43/h1-13,16-18H,14-15,20H2,(H,39,41)(H,42,43). The summed E-state index contributed by atoms with van der Waals surface area (Å²) in [6.07, 6.45) is -1.25. The predicted octanol–water partition coefficient (Wildman–Crippen LogP) is 7.36. The van der Waals surface area contributed by atoms with E-state index < -0.39 is 23.2 Å². The van der Waals surface area contributed by atoms with Crippen LogP contribution >= 0.6 is 0 Å². The molecule has 1 aliphatic carbocycles. The highest BCUT2D eigenvalue weighted by atomic mass is 19.4. The van der Waals surface area contributed by atoms with Gasteiger partial charge in [-0.2, -0.15) is 18.4 Å². The van der Waals surface area contributed by atoms with Crippen molar-refractivity contribution in [3.63, 3.8) is 0 Å². The van der Waals surface area contributed by atoms with Crippen LogP contribution in [0.4, 0.5) is 13.2 Å². The number of carboxylic acid groups (broad SMARTS) is 1. The third-order valence-corrected chi connectivity index (χ3v) is 7.87. The van der Waals surface area contributed by atoms with Crippen molar-refractivity contribution in [1.29, 1.82) is 5.26 Å². The first-order valence-corrected chi connectivity index (χ1v) is 13.5. The molecule has 0 spiro atoms. The fourth-order valence-corrected chi connectivity index (χ4v) is 5.38. The Labute approximate surface area is 244 Å². The van der Waals surface area contributed by atoms with Gasteiger partial charge in [0.25, 0.3) is 5.91 Å². The summed E-state index contributed by atoms with van der Waals surface area (Å²) in [5, 5.41) is 22.4. The molecule has 1 aliphatic rings. The van der Waals surface area contributed by atoms with Gasteiger partial charge in [0.2, 0.25) is 0 Å². The lowest BCUT2D eigenvalue weighted by molar-refractivity contribution is -0.137. The fourth-order valence-electron chi connectivity index (χ4n) is 5.38. The number of carbonyl (C=O) groups excluding carboxylic acids is 1. The highest BCUT2D eigenvalue weighted by Gasteiger charge is 2.46. The van der Waals surface area contributed by atoms with Gasteiger partial charge in [0.1, 0.15) is 0 Å². The predicted molar refractivity (Wildman–Crippen MR) is 154 cm³/mol. The van der Waals surface area contributed by atoms with Crippen molar-refractivity contribution in [3.8, 4) is 17.2 Å². The smallest absolute Gasteiger partial charge is 0.416 e. The number of benzene rings is 4. The molecule has 0 unspecified atom stereocenters. The highest BCUT2D eigenvalue weighted by molar-refractivity contribution is 6.08. The zero-order chi connectivity index (χ0) is 30.4. The summed E-state index contributed by atoms with van der Waals surface area (Å²) in [5.41, 5.74) is 3.37. The molecule has 2 N–H and O–H groups in total. The van der Waals surface area contributed by atoms with Gasteiger partial charge in [-0.1, -0.05) is 36.4 Å². The Kier molecular flexibility index (Phi) is 6.77. The molecule has 0 aliphatic heterocycles. The monoisotopic (exact) mass is 579 g/mol. The van der Waals surface area contributed by atoms with Crippen LogP contribution in [0.1, 0.15) is 55.8 Å². The number of fused-ring (bicyclic) bond motifs is 1. The number of aromatic nitrogens is 1. The van der Waals surface area contributed by atoms with Crippen LogP contribution in [0, 0.1) is 11.3 Å². The maximum atomic E-state index is 14.0. The van der Waals surface area contributed by atoms with E-state index in [0.29, 0.717) is 35.0 Å². The van der Waals surface area contributed by atoms with Crippen LogP contribution in [0.5, 0.6) is 0 Å². The van der Waals surface area contributed by atoms with Gasteiger partial charge in [-0.25, -0.2) is 4.79 Å². The number of amides is 1. The first-order valence-electron chi connectivity index (χ1n) is 13.5. The maximum absolute atomic E-state index is 14.0. The number of hydrogen-bond acceptors (Lipinski definition) is 3. The van der Waals surface area contributed by atoms with E-state index in [1.807, 2.05) is 28.8 Å². The number of nitrogens with one attached hydrogen (secondary N) is 1. The van der Waals surface area contributed by atoms with Gasteiger partial charge >= 0.3 is 12.1 Å². The molecule has 6 nitrogen and oxygen atoms in total. The minimum absolute atomic E-state index is 0.156. The minimum atomic E-state index is -4.43. The number of halogens is 3. The van der Waals surface area contributed by atoms with E-state index >= 15 is 0 Å². The molecule has 1 saturated carbocycles. The number of carboxylic acids is 1. The zero-order valence-electron chi connectivity index (χ0n) is 22.7. The van der Waals surface area contributed by atoms with E-state index in [9.17, 15) is 33.1 Å². The van der Waals surface area contributed by atoms with Crippen molar-refractivity contribution in [2.75, 3.05) is 0 Å². The summed E-state index contributed by atoms with van der Waals surface area (Å²) < 4.78 is 41.1. The molecule has 1 amide bonds. The average molecular weight is 580 g/mol. The number of hydrogen-bond donors (Lipinski definition) is 2. The summed E-state index contributed by atoms with van der Waals surface area (Å²) in [4.78, 5) is 25.3. The van der Waals surface area contributed by atoms with Crippen LogP contribution in [0.25, 0.3) is 22.0 Å². The van der Waals surface area contributed by atoms with Gasteiger partial charge < -0.3 is 15.0 Å². The second-order valence-electron chi connectivity index (χ2n) is 10.7. The van der Waals surface area contributed by atoms with E-state index in [2.05, 4.69) is 11.4 Å². The van der Waals surface area contributed by atoms with Crippen molar-refractivity contribution >= 4 is 22.8 Å². The van der Waals surface area contributed by atoms with Crippen molar-refractivity contribution in [1.82, 2.24) is 9.88 Å². The van der Waals surface area contributed by atoms with Crippen LogP contribution in [0.2, 0.25) is 0 Å². The Balaban J connectivity index is 1.39. The molecule has 6 rings (SSSR count). The topological polar surface area (TPSA) is 95.1 Å². The van der Waals surface area contributed by atoms with Crippen LogP contribution < -0.4 is 5.32 Å². The number of carbonyl (C=O) groups is 2. The lowest BCUT2D eigenvalue weighted by atomic mass is 9.98. The Morgan fingerprint density at radius 1 is 0.907 bits per heavy atom.